The maximum Gasteiger partial charge on any atom is 0.254 e. The first-order chi connectivity index (χ1) is 11.2. The van der Waals surface area contributed by atoms with Gasteiger partial charge in [-0.25, -0.2) is 4.39 Å². The predicted molar refractivity (Wildman–Crippen MR) is 86.6 cm³/mol. The number of piperazine rings is 1. The van der Waals surface area contributed by atoms with Crippen LogP contribution in [0.25, 0.3) is 0 Å². The Morgan fingerprint density at radius 3 is 2.61 bits per heavy atom. The van der Waals surface area contributed by atoms with Crippen molar-refractivity contribution in [2.75, 3.05) is 31.1 Å². The molecule has 0 atom stereocenters. The van der Waals surface area contributed by atoms with Crippen molar-refractivity contribution in [3.8, 4) is 0 Å². The monoisotopic (exact) mass is 314 g/mol. The van der Waals surface area contributed by atoms with Gasteiger partial charge in [-0.2, -0.15) is 0 Å². The van der Waals surface area contributed by atoms with Crippen LogP contribution in [0.4, 0.5) is 10.1 Å². The van der Waals surface area contributed by atoms with Gasteiger partial charge in [-0.15, -0.1) is 0 Å². The number of anilines is 1. The molecule has 6 heteroatoms. The van der Waals surface area contributed by atoms with Crippen molar-refractivity contribution >= 4 is 11.6 Å². The van der Waals surface area contributed by atoms with E-state index in [0.717, 1.165) is 0 Å². The molecule has 1 aromatic heterocycles. The molecule has 23 heavy (non-hydrogen) atoms. The van der Waals surface area contributed by atoms with Crippen LogP contribution < -0.4 is 10.6 Å². The van der Waals surface area contributed by atoms with Crippen LogP contribution in [-0.2, 0) is 6.54 Å². The zero-order chi connectivity index (χ0) is 16.2. The van der Waals surface area contributed by atoms with Gasteiger partial charge in [0.05, 0.1) is 11.4 Å². The van der Waals surface area contributed by atoms with Crippen LogP contribution in [0.2, 0.25) is 0 Å². The highest BCUT2D eigenvalue weighted by atomic mass is 19.1. The summed E-state index contributed by atoms with van der Waals surface area (Å²) in [6.45, 7) is 2.66. The van der Waals surface area contributed by atoms with E-state index in [1.54, 1.807) is 35.4 Å². The van der Waals surface area contributed by atoms with E-state index in [1.807, 2.05) is 11.0 Å². The number of hydrogen-bond acceptors (Lipinski definition) is 4. The average molecular weight is 314 g/mol. The molecule has 0 radical (unpaired) electrons. The van der Waals surface area contributed by atoms with Crippen LogP contribution in [-0.4, -0.2) is 42.0 Å². The Morgan fingerprint density at radius 2 is 1.91 bits per heavy atom. The zero-order valence-electron chi connectivity index (χ0n) is 12.8. The van der Waals surface area contributed by atoms with Crippen molar-refractivity contribution in [1.82, 2.24) is 9.88 Å². The number of nitrogens with zero attached hydrogens (tertiary/aromatic N) is 3. The Hall–Kier alpha value is -2.47. The lowest BCUT2D eigenvalue weighted by molar-refractivity contribution is 0.0746. The summed E-state index contributed by atoms with van der Waals surface area (Å²) in [6, 6.07) is 10.1. The van der Waals surface area contributed by atoms with Gasteiger partial charge in [0, 0.05) is 44.5 Å². The fraction of sp³-hybridized carbons (Fsp3) is 0.294. The highest BCUT2D eigenvalue weighted by Gasteiger charge is 2.23. The summed E-state index contributed by atoms with van der Waals surface area (Å²) in [6.07, 6.45) is 1.60. The van der Waals surface area contributed by atoms with Gasteiger partial charge in [-0.05, 0) is 24.3 Å². The number of hydrogen-bond donors (Lipinski definition) is 1. The van der Waals surface area contributed by atoms with Crippen molar-refractivity contribution in [2.24, 2.45) is 5.73 Å². The first-order valence-corrected chi connectivity index (χ1v) is 7.63. The van der Waals surface area contributed by atoms with E-state index in [9.17, 15) is 9.18 Å². The second-order valence-corrected chi connectivity index (χ2v) is 5.47. The van der Waals surface area contributed by atoms with Gasteiger partial charge in [-0.3, -0.25) is 9.78 Å². The molecule has 1 aromatic carbocycles. The number of aromatic nitrogens is 1. The quantitative estimate of drug-likeness (QED) is 0.935. The lowest BCUT2D eigenvalue weighted by atomic mass is 10.1. The van der Waals surface area contributed by atoms with Gasteiger partial charge < -0.3 is 15.5 Å². The molecule has 1 aliphatic rings. The third-order valence-electron chi connectivity index (χ3n) is 4.03. The van der Waals surface area contributed by atoms with E-state index < -0.39 is 0 Å². The van der Waals surface area contributed by atoms with Crippen LogP contribution >= 0.6 is 0 Å². The van der Waals surface area contributed by atoms with Gasteiger partial charge in [0.2, 0.25) is 0 Å². The molecule has 2 N–H and O–H groups in total. The van der Waals surface area contributed by atoms with Crippen molar-refractivity contribution in [1.29, 1.82) is 0 Å². The minimum atomic E-state index is -0.228. The molecule has 5 nitrogen and oxygen atoms in total. The maximum absolute atomic E-state index is 13.8. The van der Waals surface area contributed by atoms with Gasteiger partial charge in [0.1, 0.15) is 5.82 Å². The number of carbonyl (C=O) groups excluding carboxylic acids is 1. The Balaban J connectivity index is 1.66. The fourth-order valence-electron chi connectivity index (χ4n) is 2.76. The molecule has 0 aliphatic carbocycles. The molecular formula is C17H19FN4O. The summed E-state index contributed by atoms with van der Waals surface area (Å²) < 4.78 is 13.8. The number of carbonyl (C=O) groups is 1. The predicted octanol–water partition coefficient (Wildman–Crippen LogP) is 1.64. The van der Waals surface area contributed by atoms with Gasteiger partial charge in [-0.1, -0.05) is 12.1 Å². The Labute approximate surface area is 134 Å². The van der Waals surface area contributed by atoms with Gasteiger partial charge >= 0.3 is 0 Å². The molecule has 1 aliphatic heterocycles. The smallest absolute Gasteiger partial charge is 0.254 e. The molecule has 1 saturated heterocycles. The first kappa shape index (κ1) is 15.4. The van der Waals surface area contributed by atoms with Crippen LogP contribution in [0.3, 0.4) is 0 Å². The Morgan fingerprint density at radius 1 is 1.17 bits per heavy atom. The van der Waals surface area contributed by atoms with Crippen molar-refractivity contribution < 1.29 is 9.18 Å². The summed E-state index contributed by atoms with van der Waals surface area (Å²) in [4.78, 5) is 20.4. The second-order valence-electron chi connectivity index (χ2n) is 5.47. The van der Waals surface area contributed by atoms with E-state index in [2.05, 4.69) is 4.98 Å². The molecular weight excluding hydrogens is 295 g/mol. The number of pyridine rings is 1. The molecule has 2 aromatic rings. The molecule has 1 fully saturated rings. The van der Waals surface area contributed by atoms with E-state index in [0.29, 0.717) is 49.7 Å². The molecule has 120 valence electrons. The van der Waals surface area contributed by atoms with Crippen LogP contribution in [0.1, 0.15) is 16.1 Å². The fourth-order valence-corrected chi connectivity index (χ4v) is 2.76. The minimum Gasteiger partial charge on any atom is -0.366 e. The van der Waals surface area contributed by atoms with E-state index in [1.165, 1.54) is 6.07 Å². The summed E-state index contributed by atoms with van der Waals surface area (Å²) in [5.74, 6) is -0.260. The summed E-state index contributed by atoms with van der Waals surface area (Å²) in [7, 11) is 0. The molecule has 1 amide bonds. The Kier molecular flexibility index (Phi) is 4.52. The van der Waals surface area contributed by atoms with Gasteiger partial charge in [0.15, 0.2) is 0 Å². The molecule has 0 bridgehead atoms. The molecule has 3 rings (SSSR count). The SMILES string of the molecule is NCc1cc(C(=O)N2CCN(c3ccccc3F)CC2)ccn1. The first-order valence-electron chi connectivity index (χ1n) is 7.63. The van der Waals surface area contributed by atoms with E-state index >= 15 is 0 Å². The van der Waals surface area contributed by atoms with Crippen LogP contribution in [0.5, 0.6) is 0 Å². The highest BCUT2D eigenvalue weighted by Crippen LogP contribution is 2.20. The van der Waals surface area contributed by atoms with Crippen molar-refractivity contribution in [3.05, 3.63) is 59.7 Å². The van der Waals surface area contributed by atoms with Crippen molar-refractivity contribution in [2.45, 2.75) is 6.54 Å². The number of benzene rings is 1. The number of nitrogens with two attached hydrogens (primary N) is 1. The largest absolute Gasteiger partial charge is 0.366 e. The summed E-state index contributed by atoms with van der Waals surface area (Å²) >= 11 is 0. The average Bonchev–Trinajstić information content (AvgIpc) is 2.62. The van der Waals surface area contributed by atoms with Crippen LogP contribution in [0.15, 0.2) is 42.6 Å². The third-order valence-corrected chi connectivity index (χ3v) is 4.03. The zero-order valence-corrected chi connectivity index (χ0v) is 12.8. The number of halogens is 1. The second kappa shape index (κ2) is 6.75. The Bertz CT molecular complexity index is 698. The third kappa shape index (κ3) is 3.32. The van der Waals surface area contributed by atoms with Crippen LogP contribution in [0, 0.1) is 5.82 Å². The topological polar surface area (TPSA) is 62.5 Å². The highest BCUT2D eigenvalue weighted by molar-refractivity contribution is 5.94. The molecule has 0 saturated carbocycles. The molecule has 0 unspecified atom stereocenters. The van der Waals surface area contributed by atoms with Crippen molar-refractivity contribution in [3.63, 3.8) is 0 Å². The van der Waals surface area contributed by atoms with Gasteiger partial charge in [0.25, 0.3) is 5.91 Å². The minimum absolute atomic E-state index is 0.0321. The number of para-hydroxylation sites is 1. The molecule has 0 spiro atoms. The standard InChI is InChI=1S/C17H19FN4O/c18-15-3-1-2-4-16(15)21-7-9-22(10-8-21)17(23)13-5-6-20-14(11-13)12-19/h1-6,11H,7-10,12,19H2. The van der Waals surface area contributed by atoms with E-state index in [-0.39, 0.29) is 11.7 Å². The number of amides is 1. The number of rotatable bonds is 3. The summed E-state index contributed by atoms with van der Waals surface area (Å²) in [5, 5.41) is 0. The maximum atomic E-state index is 13.8. The lowest BCUT2D eigenvalue weighted by Gasteiger charge is -2.36. The lowest BCUT2D eigenvalue weighted by Crippen LogP contribution is -2.49. The van der Waals surface area contributed by atoms with E-state index in [4.69, 9.17) is 5.73 Å². The summed E-state index contributed by atoms with van der Waals surface area (Å²) in [5.41, 5.74) is 7.45. The normalized spacial score (nSPS) is 14.9. The molecule has 2 heterocycles.